The quantitative estimate of drug-likeness (QED) is 0.731. The molecule has 0 aliphatic rings. The van der Waals surface area contributed by atoms with Gasteiger partial charge in [-0.15, -0.1) is 0 Å². The molecule has 1 rings (SSSR count). The summed E-state index contributed by atoms with van der Waals surface area (Å²) in [5.74, 6) is 0.780. The van der Waals surface area contributed by atoms with Crippen LogP contribution in [0.1, 0.15) is 62.8 Å². The normalized spacial score (nSPS) is 13.0. The summed E-state index contributed by atoms with van der Waals surface area (Å²) in [6.45, 7) is 12.3. The van der Waals surface area contributed by atoms with Crippen LogP contribution in [-0.4, -0.2) is 6.54 Å². The Bertz CT molecular complexity index is 355. The van der Waals surface area contributed by atoms with Crippen LogP contribution < -0.4 is 5.32 Å². The minimum absolute atomic E-state index is 0.520. The molecule has 0 heterocycles. The van der Waals surface area contributed by atoms with Crippen molar-refractivity contribution in [2.45, 2.75) is 59.9 Å². The van der Waals surface area contributed by atoms with Crippen LogP contribution in [0.15, 0.2) is 18.2 Å². The molecule has 1 aromatic carbocycles. The molecule has 1 aromatic rings. The van der Waals surface area contributed by atoms with Crippen LogP contribution in [0.3, 0.4) is 0 Å². The molecule has 0 fully saturated rings. The second kappa shape index (κ2) is 7.58. The molecule has 1 atom stereocenters. The molecule has 0 amide bonds. The minimum atomic E-state index is 0.520. The largest absolute Gasteiger partial charge is 0.310 e. The molecular weight excluding hydrogens is 218 g/mol. The van der Waals surface area contributed by atoms with Gasteiger partial charge in [0, 0.05) is 6.04 Å². The van der Waals surface area contributed by atoms with E-state index in [4.69, 9.17) is 0 Å². The average Bonchev–Trinajstić information content (AvgIpc) is 2.33. The van der Waals surface area contributed by atoms with Crippen LogP contribution in [0.25, 0.3) is 0 Å². The van der Waals surface area contributed by atoms with Crippen LogP contribution >= 0.6 is 0 Å². The fourth-order valence-corrected chi connectivity index (χ4v) is 2.19. The summed E-state index contributed by atoms with van der Waals surface area (Å²) in [5.41, 5.74) is 4.24. The van der Waals surface area contributed by atoms with Gasteiger partial charge in [0.15, 0.2) is 0 Å². The number of hydrogen-bond donors (Lipinski definition) is 1. The number of nitrogens with one attached hydrogen (secondary N) is 1. The number of hydrogen-bond acceptors (Lipinski definition) is 1. The van der Waals surface area contributed by atoms with Crippen molar-refractivity contribution in [1.29, 1.82) is 0 Å². The van der Waals surface area contributed by atoms with Crippen molar-refractivity contribution in [2.75, 3.05) is 6.54 Å². The van der Waals surface area contributed by atoms with E-state index in [2.05, 4.69) is 58.1 Å². The second-order valence-corrected chi connectivity index (χ2v) is 5.82. The van der Waals surface area contributed by atoms with Crippen LogP contribution in [0.2, 0.25) is 0 Å². The van der Waals surface area contributed by atoms with E-state index >= 15 is 0 Å². The number of rotatable bonds is 7. The maximum atomic E-state index is 3.69. The van der Waals surface area contributed by atoms with Crippen molar-refractivity contribution in [3.05, 3.63) is 34.9 Å². The van der Waals surface area contributed by atoms with Crippen molar-refractivity contribution in [1.82, 2.24) is 5.32 Å². The third kappa shape index (κ3) is 4.81. The highest BCUT2D eigenvalue weighted by atomic mass is 14.9. The second-order valence-electron chi connectivity index (χ2n) is 5.82. The molecule has 0 saturated heterocycles. The van der Waals surface area contributed by atoms with Gasteiger partial charge < -0.3 is 5.32 Å². The van der Waals surface area contributed by atoms with Gasteiger partial charge in [0.25, 0.3) is 0 Å². The van der Waals surface area contributed by atoms with Crippen LogP contribution in [-0.2, 0) is 0 Å². The van der Waals surface area contributed by atoms with E-state index in [-0.39, 0.29) is 0 Å². The van der Waals surface area contributed by atoms with E-state index < -0.39 is 0 Å². The maximum Gasteiger partial charge on any atom is 0.0320 e. The monoisotopic (exact) mass is 247 g/mol. The van der Waals surface area contributed by atoms with E-state index in [1.165, 1.54) is 36.0 Å². The first-order chi connectivity index (χ1) is 8.54. The van der Waals surface area contributed by atoms with Crippen molar-refractivity contribution in [3.63, 3.8) is 0 Å². The fraction of sp³-hybridized carbons (Fsp3) is 0.647. The molecule has 0 bridgehead atoms. The molecule has 0 aliphatic carbocycles. The topological polar surface area (TPSA) is 12.0 Å². The zero-order chi connectivity index (χ0) is 13.5. The summed E-state index contributed by atoms with van der Waals surface area (Å²) in [4.78, 5) is 0. The molecule has 1 nitrogen and oxygen atoms in total. The number of aryl methyl sites for hydroxylation is 2. The van der Waals surface area contributed by atoms with Crippen LogP contribution in [0.4, 0.5) is 0 Å². The van der Waals surface area contributed by atoms with Crippen molar-refractivity contribution >= 4 is 0 Å². The molecule has 1 heteroatoms. The Morgan fingerprint density at radius 2 is 1.78 bits per heavy atom. The zero-order valence-corrected chi connectivity index (χ0v) is 12.7. The molecule has 0 aromatic heterocycles. The van der Waals surface area contributed by atoms with E-state index in [9.17, 15) is 0 Å². The standard InChI is InChI=1S/C17H29N/c1-6-11-18-17(10-7-13(2)3)16-9-8-14(4)15(5)12-16/h8-9,12-13,17-18H,6-7,10-11H2,1-5H3. The first kappa shape index (κ1) is 15.2. The lowest BCUT2D eigenvalue weighted by Crippen LogP contribution is -2.22. The Kier molecular flexibility index (Phi) is 6.42. The van der Waals surface area contributed by atoms with Crippen molar-refractivity contribution in [2.24, 2.45) is 5.92 Å². The highest BCUT2D eigenvalue weighted by Gasteiger charge is 2.11. The van der Waals surface area contributed by atoms with Gasteiger partial charge in [0.1, 0.15) is 0 Å². The van der Waals surface area contributed by atoms with E-state index in [1.807, 2.05) is 0 Å². The predicted molar refractivity (Wildman–Crippen MR) is 81.0 cm³/mol. The smallest absolute Gasteiger partial charge is 0.0320 e. The van der Waals surface area contributed by atoms with Gasteiger partial charge >= 0.3 is 0 Å². The van der Waals surface area contributed by atoms with Crippen molar-refractivity contribution in [3.8, 4) is 0 Å². The summed E-state index contributed by atoms with van der Waals surface area (Å²) in [6, 6.07) is 7.41. The summed E-state index contributed by atoms with van der Waals surface area (Å²) >= 11 is 0. The molecule has 0 spiro atoms. The summed E-state index contributed by atoms with van der Waals surface area (Å²) < 4.78 is 0. The Balaban J connectivity index is 2.76. The van der Waals surface area contributed by atoms with Gasteiger partial charge in [0.2, 0.25) is 0 Å². The maximum absolute atomic E-state index is 3.69. The van der Waals surface area contributed by atoms with E-state index in [0.717, 1.165) is 12.5 Å². The van der Waals surface area contributed by atoms with Crippen LogP contribution in [0, 0.1) is 19.8 Å². The first-order valence-corrected chi connectivity index (χ1v) is 7.35. The highest BCUT2D eigenvalue weighted by molar-refractivity contribution is 5.31. The Morgan fingerprint density at radius 1 is 1.06 bits per heavy atom. The molecular formula is C17H29N. The lowest BCUT2D eigenvalue weighted by molar-refractivity contribution is 0.440. The Morgan fingerprint density at radius 3 is 2.33 bits per heavy atom. The molecule has 18 heavy (non-hydrogen) atoms. The van der Waals surface area contributed by atoms with Gasteiger partial charge in [-0.1, -0.05) is 39.0 Å². The zero-order valence-electron chi connectivity index (χ0n) is 12.7. The van der Waals surface area contributed by atoms with Gasteiger partial charge in [-0.2, -0.15) is 0 Å². The Labute approximate surface area is 113 Å². The highest BCUT2D eigenvalue weighted by Crippen LogP contribution is 2.23. The molecule has 0 saturated carbocycles. The van der Waals surface area contributed by atoms with Gasteiger partial charge in [-0.05, 0) is 62.3 Å². The molecule has 1 N–H and O–H groups in total. The third-order valence-corrected chi connectivity index (χ3v) is 3.61. The van der Waals surface area contributed by atoms with Crippen LogP contribution in [0.5, 0.6) is 0 Å². The first-order valence-electron chi connectivity index (χ1n) is 7.35. The third-order valence-electron chi connectivity index (χ3n) is 3.61. The lowest BCUT2D eigenvalue weighted by atomic mass is 9.95. The van der Waals surface area contributed by atoms with Gasteiger partial charge in [-0.3, -0.25) is 0 Å². The van der Waals surface area contributed by atoms with E-state index in [0.29, 0.717) is 6.04 Å². The minimum Gasteiger partial charge on any atom is -0.310 e. The molecule has 1 unspecified atom stereocenters. The predicted octanol–water partition coefficient (Wildman–Crippen LogP) is 4.78. The fourth-order valence-electron chi connectivity index (χ4n) is 2.19. The van der Waals surface area contributed by atoms with Gasteiger partial charge in [-0.25, -0.2) is 0 Å². The molecule has 102 valence electrons. The van der Waals surface area contributed by atoms with E-state index in [1.54, 1.807) is 0 Å². The number of benzene rings is 1. The average molecular weight is 247 g/mol. The SMILES string of the molecule is CCCNC(CCC(C)C)c1ccc(C)c(C)c1. The summed E-state index contributed by atoms with van der Waals surface area (Å²) in [7, 11) is 0. The summed E-state index contributed by atoms with van der Waals surface area (Å²) in [6.07, 6.45) is 3.72. The lowest BCUT2D eigenvalue weighted by Gasteiger charge is -2.21. The Hall–Kier alpha value is -0.820. The van der Waals surface area contributed by atoms with Crippen molar-refractivity contribution < 1.29 is 0 Å². The van der Waals surface area contributed by atoms with Gasteiger partial charge in [0.05, 0.1) is 0 Å². The molecule has 0 radical (unpaired) electrons. The summed E-state index contributed by atoms with van der Waals surface area (Å²) in [5, 5.41) is 3.69. The molecule has 0 aliphatic heterocycles.